The number of aryl methyl sites for hydroxylation is 1. The van der Waals surface area contributed by atoms with Crippen molar-refractivity contribution in [3.63, 3.8) is 0 Å². The lowest BCUT2D eigenvalue weighted by Crippen LogP contribution is -2.42. The predicted molar refractivity (Wildman–Crippen MR) is 80.9 cm³/mol. The largest absolute Gasteiger partial charge is 0.449 e. The Labute approximate surface area is 125 Å². The molecule has 5 heteroatoms. The van der Waals surface area contributed by atoms with E-state index >= 15 is 0 Å². The molecule has 1 atom stereocenters. The molecule has 0 aromatic heterocycles. The van der Waals surface area contributed by atoms with E-state index in [-0.39, 0.29) is 5.91 Å². The van der Waals surface area contributed by atoms with Gasteiger partial charge >= 0.3 is 5.97 Å². The Hall–Kier alpha value is -2.04. The number of rotatable bonds is 3. The molecule has 2 N–H and O–H groups in total. The van der Waals surface area contributed by atoms with Crippen molar-refractivity contribution >= 4 is 17.6 Å². The first kappa shape index (κ1) is 15.4. The zero-order valence-electron chi connectivity index (χ0n) is 12.6. The number of nitrogens with two attached hydrogens (primary N) is 1. The fraction of sp³-hybridized carbons (Fsp3) is 0.500. The Morgan fingerprint density at radius 1 is 1.24 bits per heavy atom. The van der Waals surface area contributed by atoms with Gasteiger partial charge in [-0.1, -0.05) is 12.1 Å². The van der Waals surface area contributed by atoms with Gasteiger partial charge in [0.25, 0.3) is 5.91 Å². The van der Waals surface area contributed by atoms with E-state index in [0.29, 0.717) is 11.3 Å². The molecule has 0 radical (unpaired) electrons. The number of likely N-dealkylation sites (tertiary alicyclic amines) is 1. The van der Waals surface area contributed by atoms with Gasteiger partial charge in [-0.3, -0.25) is 4.79 Å². The van der Waals surface area contributed by atoms with E-state index in [1.165, 1.54) is 0 Å². The van der Waals surface area contributed by atoms with Crippen molar-refractivity contribution in [2.24, 2.45) is 0 Å². The number of esters is 1. The van der Waals surface area contributed by atoms with Crippen LogP contribution in [-0.2, 0) is 9.53 Å². The van der Waals surface area contributed by atoms with Crippen LogP contribution in [0.15, 0.2) is 18.2 Å². The lowest BCUT2D eigenvalue weighted by atomic mass is 10.1. The molecule has 0 bridgehead atoms. The minimum Gasteiger partial charge on any atom is -0.449 e. The molecule has 1 aromatic rings. The predicted octanol–water partition coefficient (Wildman–Crippen LogP) is 2.14. The highest BCUT2D eigenvalue weighted by Gasteiger charge is 2.26. The molecule has 21 heavy (non-hydrogen) atoms. The molecule has 0 aliphatic carbocycles. The van der Waals surface area contributed by atoms with Crippen molar-refractivity contribution < 1.29 is 14.3 Å². The minimum absolute atomic E-state index is 0.130. The van der Waals surface area contributed by atoms with Gasteiger partial charge in [-0.25, -0.2) is 4.79 Å². The summed E-state index contributed by atoms with van der Waals surface area (Å²) in [6, 6.07) is 5.19. The SMILES string of the molecule is Cc1cccc(C(=O)OC(C)C(=O)N2CCCCC2)c1N. The molecule has 1 heterocycles. The molecule has 0 spiro atoms. The molecule has 0 saturated carbocycles. The Bertz CT molecular complexity index is 536. The lowest BCUT2D eigenvalue weighted by Gasteiger charge is -2.29. The average molecular weight is 290 g/mol. The van der Waals surface area contributed by atoms with Gasteiger partial charge in [0.15, 0.2) is 6.10 Å². The number of hydrogen-bond acceptors (Lipinski definition) is 4. The number of nitrogens with zero attached hydrogens (tertiary/aromatic N) is 1. The standard InChI is InChI=1S/C16H22N2O3/c1-11-7-6-8-13(14(11)17)16(20)21-12(2)15(19)18-9-4-3-5-10-18/h6-8,12H,3-5,9-10,17H2,1-2H3. The molecule has 1 aromatic carbocycles. The summed E-state index contributed by atoms with van der Waals surface area (Å²) in [4.78, 5) is 26.1. The van der Waals surface area contributed by atoms with E-state index in [0.717, 1.165) is 37.9 Å². The number of piperidine rings is 1. The molecule has 1 fully saturated rings. The number of anilines is 1. The number of nitrogen functional groups attached to an aromatic ring is 1. The minimum atomic E-state index is -0.782. The summed E-state index contributed by atoms with van der Waals surface area (Å²) in [5.74, 6) is -0.677. The van der Waals surface area contributed by atoms with E-state index in [1.807, 2.05) is 13.0 Å². The first-order valence-electron chi connectivity index (χ1n) is 7.35. The van der Waals surface area contributed by atoms with Crippen LogP contribution in [0.4, 0.5) is 5.69 Å². The third-order valence-electron chi connectivity index (χ3n) is 3.84. The van der Waals surface area contributed by atoms with Crippen LogP contribution in [0.3, 0.4) is 0 Å². The first-order chi connectivity index (χ1) is 10.0. The Kier molecular flexibility index (Phi) is 4.83. The van der Waals surface area contributed by atoms with Crippen molar-refractivity contribution in [1.29, 1.82) is 0 Å². The molecule has 1 unspecified atom stereocenters. The summed E-state index contributed by atoms with van der Waals surface area (Å²) in [5.41, 5.74) is 7.42. The fourth-order valence-corrected chi connectivity index (χ4v) is 2.50. The number of benzene rings is 1. The number of amides is 1. The average Bonchev–Trinajstić information content (AvgIpc) is 2.50. The highest BCUT2D eigenvalue weighted by atomic mass is 16.5. The van der Waals surface area contributed by atoms with E-state index in [2.05, 4.69) is 0 Å². The summed E-state index contributed by atoms with van der Waals surface area (Å²) in [5, 5.41) is 0. The number of ether oxygens (including phenoxy) is 1. The molecule has 1 aliphatic heterocycles. The van der Waals surface area contributed by atoms with E-state index in [9.17, 15) is 9.59 Å². The van der Waals surface area contributed by atoms with E-state index in [4.69, 9.17) is 10.5 Å². The maximum Gasteiger partial charge on any atom is 0.341 e. The highest BCUT2D eigenvalue weighted by Crippen LogP contribution is 2.19. The van der Waals surface area contributed by atoms with Gasteiger partial charge in [0.2, 0.25) is 0 Å². The fourth-order valence-electron chi connectivity index (χ4n) is 2.50. The van der Waals surface area contributed by atoms with Gasteiger partial charge in [0.1, 0.15) is 0 Å². The zero-order chi connectivity index (χ0) is 15.4. The smallest absolute Gasteiger partial charge is 0.341 e. The maximum atomic E-state index is 12.2. The van der Waals surface area contributed by atoms with Gasteiger partial charge < -0.3 is 15.4 Å². The zero-order valence-corrected chi connectivity index (χ0v) is 12.6. The topological polar surface area (TPSA) is 72.6 Å². The van der Waals surface area contributed by atoms with Gasteiger partial charge in [0, 0.05) is 18.8 Å². The van der Waals surface area contributed by atoms with Crippen molar-refractivity contribution in [3.05, 3.63) is 29.3 Å². The third kappa shape index (κ3) is 3.54. The molecule has 5 nitrogen and oxygen atoms in total. The first-order valence-corrected chi connectivity index (χ1v) is 7.35. The van der Waals surface area contributed by atoms with Gasteiger partial charge in [-0.2, -0.15) is 0 Å². The van der Waals surface area contributed by atoms with E-state index in [1.54, 1.807) is 24.0 Å². The van der Waals surface area contributed by atoms with Crippen molar-refractivity contribution in [3.8, 4) is 0 Å². The van der Waals surface area contributed by atoms with Gasteiger partial charge in [-0.05, 0) is 44.7 Å². The van der Waals surface area contributed by atoms with Crippen LogP contribution in [-0.4, -0.2) is 36.0 Å². The van der Waals surface area contributed by atoms with E-state index < -0.39 is 12.1 Å². The van der Waals surface area contributed by atoms with Crippen LogP contribution in [0.25, 0.3) is 0 Å². The molecule has 114 valence electrons. The second kappa shape index (κ2) is 6.61. The van der Waals surface area contributed by atoms with Crippen LogP contribution in [0, 0.1) is 6.92 Å². The second-order valence-electron chi connectivity index (χ2n) is 5.47. The summed E-state index contributed by atoms with van der Waals surface area (Å²) in [7, 11) is 0. The molecule has 1 amide bonds. The summed E-state index contributed by atoms with van der Waals surface area (Å²) in [6.07, 6.45) is 2.39. The number of carbonyl (C=O) groups excluding carboxylic acids is 2. The van der Waals surface area contributed by atoms with Crippen LogP contribution in [0.2, 0.25) is 0 Å². The third-order valence-corrected chi connectivity index (χ3v) is 3.84. The normalized spacial score (nSPS) is 16.4. The number of carbonyl (C=O) groups is 2. The Balaban J connectivity index is 2.01. The lowest BCUT2D eigenvalue weighted by molar-refractivity contribution is -0.140. The Morgan fingerprint density at radius 2 is 1.90 bits per heavy atom. The monoisotopic (exact) mass is 290 g/mol. The number of para-hydroxylation sites is 1. The van der Waals surface area contributed by atoms with Crippen molar-refractivity contribution in [2.45, 2.75) is 39.2 Å². The van der Waals surface area contributed by atoms with Crippen LogP contribution < -0.4 is 5.73 Å². The summed E-state index contributed by atoms with van der Waals surface area (Å²) < 4.78 is 5.28. The van der Waals surface area contributed by atoms with Gasteiger partial charge in [-0.15, -0.1) is 0 Å². The maximum absolute atomic E-state index is 12.2. The second-order valence-corrected chi connectivity index (χ2v) is 5.47. The van der Waals surface area contributed by atoms with Gasteiger partial charge in [0.05, 0.1) is 5.56 Å². The van der Waals surface area contributed by atoms with Crippen molar-refractivity contribution in [1.82, 2.24) is 4.90 Å². The molecule has 2 rings (SSSR count). The van der Waals surface area contributed by atoms with Crippen LogP contribution in [0.5, 0.6) is 0 Å². The molecular formula is C16H22N2O3. The summed E-state index contributed by atoms with van der Waals surface area (Å²) in [6.45, 7) is 4.93. The summed E-state index contributed by atoms with van der Waals surface area (Å²) >= 11 is 0. The molecule has 1 saturated heterocycles. The molecule has 1 aliphatic rings. The molecular weight excluding hydrogens is 268 g/mol. The Morgan fingerprint density at radius 3 is 2.57 bits per heavy atom. The van der Waals surface area contributed by atoms with Crippen molar-refractivity contribution in [2.75, 3.05) is 18.8 Å². The van der Waals surface area contributed by atoms with Crippen LogP contribution >= 0.6 is 0 Å². The quantitative estimate of drug-likeness (QED) is 0.683. The van der Waals surface area contributed by atoms with Crippen LogP contribution in [0.1, 0.15) is 42.1 Å². The number of hydrogen-bond donors (Lipinski definition) is 1. The highest BCUT2D eigenvalue weighted by molar-refractivity contribution is 5.97.